The highest BCUT2D eigenvalue weighted by Gasteiger charge is 2.20. The van der Waals surface area contributed by atoms with Gasteiger partial charge in [-0.15, -0.1) is 22.7 Å². The van der Waals surface area contributed by atoms with E-state index in [0.717, 1.165) is 34.4 Å². The monoisotopic (exact) mass is 416 g/mol. The van der Waals surface area contributed by atoms with E-state index >= 15 is 0 Å². The predicted octanol–water partition coefficient (Wildman–Crippen LogP) is 3.06. The third-order valence-electron chi connectivity index (χ3n) is 5.10. The first-order valence-corrected chi connectivity index (χ1v) is 11.4. The van der Waals surface area contributed by atoms with Gasteiger partial charge in [-0.3, -0.25) is 14.5 Å². The predicted molar refractivity (Wildman–Crippen MR) is 114 cm³/mol. The molecule has 0 saturated heterocycles. The lowest BCUT2D eigenvalue weighted by atomic mass is 9.97. The van der Waals surface area contributed by atoms with Crippen LogP contribution in [0.3, 0.4) is 0 Å². The third kappa shape index (κ3) is 4.19. The number of hydrogen-bond acceptors (Lipinski definition) is 6. The molecule has 3 aromatic rings. The van der Waals surface area contributed by atoms with Gasteiger partial charge in [-0.2, -0.15) is 0 Å². The molecule has 0 unspecified atom stereocenters. The lowest BCUT2D eigenvalue weighted by Crippen LogP contribution is -2.37. The molecule has 0 atom stereocenters. The topological polar surface area (TPSA) is 78.1 Å². The molecular weight excluding hydrogens is 392 g/mol. The van der Waals surface area contributed by atoms with E-state index in [-0.39, 0.29) is 18.0 Å². The lowest BCUT2D eigenvalue weighted by Gasteiger charge is -2.19. The molecule has 0 spiro atoms. The molecule has 3 heterocycles. The SMILES string of the molecule is CCN(CC(=O)NCc1cccs1)Cc1nc2sc3c(c2c(=O)[nH]1)CCCC3. The van der Waals surface area contributed by atoms with Gasteiger partial charge in [0.05, 0.1) is 25.0 Å². The van der Waals surface area contributed by atoms with Gasteiger partial charge >= 0.3 is 0 Å². The van der Waals surface area contributed by atoms with Gasteiger partial charge < -0.3 is 10.3 Å². The first kappa shape index (κ1) is 19.3. The summed E-state index contributed by atoms with van der Waals surface area (Å²) in [5, 5.41) is 5.73. The maximum absolute atomic E-state index is 12.7. The summed E-state index contributed by atoms with van der Waals surface area (Å²) in [5.74, 6) is 0.606. The molecule has 0 radical (unpaired) electrons. The number of nitrogens with zero attached hydrogens (tertiary/aromatic N) is 2. The van der Waals surface area contributed by atoms with E-state index in [4.69, 9.17) is 4.98 Å². The fraction of sp³-hybridized carbons (Fsp3) is 0.450. The van der Waals surface area contributed by atoms with E-state index in [1.165, 1.54) is 16.9 Å². The highest BCUT2D eigenvalue weighted by Crippen LogP contribution is 2.33. The first-order valence-electron chi connectivity index (χ1n) is 9.69. The van der Waals surface area contributed by atoms with E-state index in [9.17, 15) is 9.59 Å². The molecule has 1 aliphatic rings. The van der Waals surface area contributed by atoms with Gasteiger partial charge in [0.1, 0.15) is 10.7 Å². The number of H-pyrrole nitrogens is 1. The van der Waals surface area contributed by atoms with Gasteiger partial charge in [0.15, 0.2) is 0 Å². The number of nitrogens with one attached hydrogen (secondary N) is 2. The van der Waals surface area contributed by atoms with Crippen LogP contribution in [0.25, 0.3) is 10.2 Å². The van der Waals surface area contributed by atoms with Crippen molar-refractivity contribution in [3.05, 3.63) is 49.0 Å². The van der Waals surface area contributed by atoms with Crippen molar-refractivity contribution in [3.8, 4) is 0 Å². The highest BCUT2D eigenvalue weighted by atomic mass is 32.1. The summed E-state index contributed by atoms with van der Waals surface area (Å²) in [5.41, 5.74) is 1.16. The van der Waals surface area contributed by atoms with Crippen LogP contribution in [0, 0.1) is 0 Å². The second-order valence-electron chi connectivity index (χ2n) is 7.06. The molecule has 8 heteroatoms. The van der Waals surface area contributed by atoms with E-state index in [2.05, 4.69) is 10.3 Å². The molecule has 28 heavy (non-hydrogen) atoms. The van der Waals surface area contributed by atoms with Crippen LogP contribution in [0.4, 0.5) is 0 Å². The zero-order valence-electron chi connectivity index (χ0n) is 15.9. The second-order valence-corrected chi connectivity index (χ2v) is 9.18. The summed E-state index contributed by atoms with van der Waals surface area (Å²) in [6, 6.07) is 3.98. The molecular formula is C20H24N4O2S2. The van der Waals surface area contributed by atoms with Gasteiger partial charge in [-0.05, 0) is 49.2 Å². The van der Waals surface area contributed by atoms with E-state index in [1.54, 1.807) is 22.7 Å². The Morgan fingerprint density at radius 1 is 1.36 bits per heavy atom. The molecule has 0 aliphatic heterocycles. The number of aryl methyl sites for hydroxylation is 2. The summed E-state index contributed by atoms with van der Waals surface area (Å²) in [4.78, 5) is 37.9. The minimum absolute atomic E-state index is 0.0229. The van der Waals surface area contributed by atoms with Crippen molar-refractivity contribution in [2.75, 3.05) is 13.1 Å². The van der Waals surface area contributed by atoms with E-state index in [0.29, 0.717) is 25.5 Å². The number of amides is 1. The number of fused-ring (bicyclic) bond motifs is 3. The molecule has 0 fully saturated rings. The minimum atomic E-state index is -0.0439. The fourth-order valence-corrected chi connectivity index (χ4v) is 5.56. The largest absolute Gasteiger partial charge is 0.350 e. The molecule has 2 N–H and O–H groups in total. The number of likely N-dealkylation sites (N-methyl/N-ethyl adjacent to an activating group) is 1. The van der Waals surface area contributed by atoms with Crippen molar-refractivity contribution >= 4 is 38.8 Å². The Balaban J connectivity index is 1.45. The summed E-state index contributed by atoms with van der Waals surface area (Å²) >= 11 is 3.28. The molecule has 0 aromatic carbocycles. The number of aromatic nitrogens is 2. The average Bonchev–Trinajstić information content (AvgIpc) is 3.33. The number of rotatable bonds is 7. The van der Waals surface area contributed by atoms with Crippen LogP contribution in [0.5, 0.6) is 0 Å². The van der Waals surface area contributed by atoms with Gasteiger partial charge in [-0.25, -0.2) is 4.98 Å². The molecule has 1 amide bonds. The van der Waals surface area contributed by atoms with E-state index < -0.39 is 0 Å². The molecule has 1 aliphatic carbocycles. The maximum Gasteiger partial charge on any atom is 0.259 e. The summed E-state index contributed by atoms with van der Waals surface area (Å²) in [6.07, 6.45) is 4.36. The molecule has 0 saturated carbocycles. The standard InChI is InChI=1S/C20H24N4O2S2/c1-2-24(12-17(25)21-10-13-6-5-9-27-13)11-16-22-19(26)18-14-7-3-4-8-15(14)28-20(18)23-16/h5-6,9H,2-4,7-8,10-12H2,1H3,(H,21,25)(H,22,23,26). The van der Waals surface area contributed by atoms with Crippen LogP contribution in [0.2, 0.25) is 0 Å². The molecule has 0 bridgehead atoms. The zero-order chi connectivity index (χ0) is 19.5. The number of hydrogen-bond donors (Lipinski definition) is 2. The molecule has 3 aromatic heterocycles. The number of thiophene rings is 2. The quantitative estimate of drug-likeness (QED) is 0.621. The normalized spacial score (nSPS) is 13.8. The molecule has 6 nitrogen and oxygen atoms in total. The Morgan fingerprint density at radius 2 is 2.21 bits per heavy atom. The van der Waals surface area contributed by atoms with Crippen LogP contribution in [-0.4, -0.2) is 33.9 Å². The lowest BCUT2D eigenvalue weighted by molar-refractivity contribution is -0.122. The van der Waals surface area contributed by atoms with Gasteiger partial charge in [0, 0.05) is 9.75 Å². The van der Waals surface area contributed by atoms with Crippen LogP contribution in [0.15, 0.2) is 22.3 Å². The molecule has 148 valence electrons. The number of aromatic amines is 1. The van der Waals surface area contributed by atoms with Gasteiger partial charge in [0.25, 0.3) is 5.56 Å². The Bertz CT molecular complexity index is 1020. The first-order chi connectivity index (χ1) is 13.6. The Kier molecular flexibility index (Phi) is 5.89. The Morgan fingerprint density at radius 3 is 3.00 bits per heavy atom. The van der Waals surface area contributed by atoms with E-state index in [1.807, 2.05) is 29.3 Å². The Labute approximate surface area is 171 Å². The summed E-state index contributed by atoms with van der Waals surface area (Å²) in [6.45, 7) is 4.00. The van der Waals surface area contributed by atoms with Crippen LogP contribution in [0.1, 0.15) is 40.9 Å². The van der Waals surface area contributed by atoms with Crippen molar-refractivity contribution in [1.82, 2.24) is 20.2 Å². The van der Waals surface area contributed by atoms with Crippen molar-refractivity contribution < 1.29 is 4.79 Å². The fourth-order valence-electron chi connectivity index (χ4n) is 3.63. The van der Waals surface area contributed by atoms with Gasteiger partial charge in [-0.1, -0.05) is 13.0 Å². The van der Waals surface area contributed by atoms with Crippen molar-refractivity contribution in [2.24, 2.45) is 0 Å². The van der Waals surface area contributed by atoms with Crippen LogP contribution in [-0.2, 0) is 30.7 Å². The third-order valence-corrected chi connectivity index (χ3v) is 7.16. The number of carbonyl (C=O) groups is 1. The average molecular weight is 417 g/mol. The smallest absolute Gasteiger partial charge is 0.259 e. The zero-order valence-corrected chi connectivity index (χ0v) is 17.5. The maximum atomic E-state index is 12.7. The summed E-state index contributed by atoms with van der Waals surface area (Å²) in [7, 11) is 0. The van der Waals surface area contributed by atoms with Crippen LogP contribution >= 0.6 is 22.7 Å². The highest BCUT2D eigenvalue weighted by molar-refractivity contribution is 7.18. The van der Waals surface area contributed by atoms with Crippen molar-refractivity contribution in [3.63, 3.8) is 0 Å². The van der Waals surface area contributed by atoms with Crippen LogP contribution < -0.4 is 10.9 Å². The van der Waals surface area contributed by atoms with Crippen molar-refractivity contribution in [1.29, 1.82) is 0 Å². The summed E-state index contributed by atoms with van der Waals surface area (Å²) < 4.78 is 0. The minimum Gasteiger partial charge on any atom is -0.350 e. The molecule has 4 rings (SSSR count). The number of carbonyl (C=O) groups excluding carboxylic acids is 1. The van der Waals surface area contributed by atoms with Gasteiger partial charge in [0.2, 0.25) is 5.91 Å². The second kappa shape index (κ2) is 8.55. The Hall–Kier alpha value is -2.03. The van der Waals surface area contributed by atoms with Crippen molar-refractivity contribution in [2.45, 2.75) is 45.7 Å².